The second-order valence-corrected chi connectivity index (χ2v) is 6.76. The summed E-state index contributed by atoms with van der Waals surface area (Å²) in [5.41, 5.74) is 0. The first-order valence-corrected chi connectivity index (χ1v) is 8.46. The molecule has 3 rings (SSSR count). The lowest BCUT2D eigenvalue weighted by Crippen LogP contribution is -2.33. The highest BCUT2D eigenvalue weighted by atomic mass is 32.1. The van der Waals surface area contributed by atoms with Gasteiger partial charge in [0.2, 0.25) is 0 Å². The Morgan fingerprint density at radius 1 is 1.12 bits per heavy atom. The molecule has 122 valence electrons. The summed E-state index contributed by atoms with van der Waals surface area (Å²) >= 11 is 2.34. The minimum Gasteiger partial charge on any atom is -0.451 e. The van der Waals surface area contributed by atoms with Crippen LogP contribution in [-0.4, -0.2) is 24.4 Å². The molecule has 0 aliphatic carbocycles. The molecule has 0 aliphatic rings. The van der Waals surface area contributed by atoms with E-state index in [-0.39, 0.29) is 4.88 Å². The van der Waals surface area contributed by atoms with Gasteiger partial charge in [0.1, 0.15) is 10.7 Å². The first-order valence-electron chi connectivity index (χ1n) is 6.77. The van der Waals surface area contributed by atoms with Gasteiger partial charge in [-0.1, -0.05) is 6.07 Å². The summed E-state index contributed by atoms with van der Waals surface area (Å²) in [7, 11) is 0. The van der Waals surface area contributed by atoms with Crippen LogP contribution in [-0.2, 0) is 9.53 Å². The van der Waals surface area contributed by atoms with Crippen molar-refractivity contribution >= 4 is 50.5 Å². The van der Waals surface area contributed by atoms with Gasteiger partial charge in [0.25, 0.3) is 11.8 Å². The van der Waals surface area contributed by atoms with Crippen molar-refractivity contribution in [3.8, 4) is 0 Å². The molecular formula is C16H10FNO4S2. The molecule has 0 saturated carbocycles. The molecule has 2 aromatic heterocycles. The first kappa shape index (κ1) is 16.3. The fraction of sp³-hybridized carbons (Fsp3) is 0.0625. The number of benzene rings is 1. The SMILES string of the molecule is O=C(COC(=O)c1cc2cc(F)ccc2s1)NC(=O)c1cccs1. The Morgan fingerprint density at radius 2 is 1.96 bits per heavy atom. The number of nitrogens with one attached hydrogen (secondary N) is 1. The zero-order chi connectivity index (χ0) is 17.1. The zero-order valence-electron chi connectivity index (χ0n) is 12.1. The molecular weight excluding hydrogens is 353 g/mol. The molecule has 0 unspecified atom stereocenters. The normalized spacial score (nSPS) is 10.5. The monoisotopic (exact) mass is 363 g/mol. The van der Waals surface area contributed by atoms with Crippen LogP contribution in [0.1, 0.15) is 19.3 Å². The number of esters is 1. The average Bonchev–Trinajstić information content (AvgIpc) is 3.21. The molecule has 8 heteroatoms. The molecule has 0 fully saturated rings. The van der Waals surface area contributed by atoms with E-state index in [0.29, 0.717) is 10.3 Å². The maximum absolute atomic E-state index is 13.1. The van der Waals surface area contributed by atoms with Crippen LogP contribution in [0.25, 0.3) is 10.1 Å². The Kier molecular flexibility index (Phi) is 4.68. The lowest BCUT2D eigenvalue weighted by atomic mass is 10.2. The zero-order valence-corrected chi connectivity index (χ0v) is 13.7. The Balaban J connectivity index is 1.58. The van der Waals surface area contributed by atoms with E-state index in [4.69, 9.17) is 4.74 Å². The second kappa shape index (κ2) is 6.90. The Labute approximate surface area is 143 Å². The van der Waals surface area contributed by atoms with Crippen LogP contribution in [0.3, 0.4) is 0 Å². The van der Waals surface area contributed by atoms with Crippen LogP contribution in [0.4, 0.5) is 4.39 Å². The van der Waals surface area contributed by atoms with Gasteiger partial charge in [-0.15, -0.1) is 22.7 Å². The summed E-state index contributed by atoms with van der Waals surface area (Å²) < 4.78 is 18.8. The third-order valence-electron chi connectivity index (χ3n) is 3.01. The predicted octanol–water partition coefficient (Wildman–Crippen LogP) is 3.22. The lowest BCUT2D eigenvalue weighted by Gasteiger charge is -2.03. The quantitative estimate of drug-likeness (QED) is 0.723. The largest absolute Gasteiger partial charge is 0.451 e. The van der Waals surface area contributed by atoms with E-state index >= 15 is 0 Å². The van der Waals surface area contributed by atoms with Crippen LogP contribution in [0.15, 0.2) is 41.8 Å². The van der Waals surface area contributed by atoms with Crippen molar-refractivity contribution in [3.05, 3.63) is 57.3 Å². The second-order valence-electron chi connectivity index (χ2n) is 4.72. The van der Waals surface area contributed by atoms with E-state index in [9.17, 15) is 18.8 Å². The lowest BCUT2D eigenvalue weighted by molar-refractivity contribution is -0.123. The number of fused-ring (bicyclic) bond motifs is 1. The fourth-order valence-electron chi connectivity index (χ4n) is 1.95. The van der Waals surface area contributed by atoms with Gasteiger partial charge in [0.05, 0.1) is 4.88 Å². The molecule has 0 bridgehead atoms. The summed E-state index contributed by atoms with van der Waals surface area (Å²) in [4.78, 5) is 35.9. The van der Waals surface area contributed by atoms with Crippen molar-refractivity contribution in [2.24, 2.45) is 0 Å². The smallest absolute Gasteiger partial charge is 0.348 e. The number of halogens is 1. The maximum atomic E-state index is 13.1. The van der Waals surface area contributed by atoms with E-state index < -0.39 is 30.2 Å². The van der Waals surface area contributed by atoms with E-state index in [1.807, 2.05) is 0 Å². The summed E-state index contributed by atoms with van der Waals surface area (Å²) in [6.45, 7) is -0.571. The molecule has 24 heavy (non-hydrogen) atoms. The van der Waals surface area contributed by atoms with Crippen LogP contribution in [0.2, 0.25) is 0 Å². The minimum absolute atomic E-state index is 0.257. The molecule has 0 spiro atoms. The van der Waals surface area contributed by atoms with Crippen LogP contribution >= 0.6 is 22.7 Å². The Hall–Kier alpha value is -2.58. The summed E-state index contributed by atoms with van der Waals surface area (Å²) in [5.74, 6) is -2.35. The number of hydrogen-bond acceptors (Lipinski definition) is 6. The van der Waals surface area contributed by atoms with Gasteiger partial charge in [-0.25, -0.2) is 9.18 Å². The number of imide groups is 1. The third kappa shape index (κ3) is 3.66. The van der Waals surface area contributed by atoms with Crippen molar-refractivity contribution in [1.82, 2.24) is 5.32 Å². The van der Waals surface area contributed by atoms with Gasteiger partial charge in [-0.2, -0.15) is 0 Å². The molecule has 1 aromatic carbocycles. The van der Waals surface area contributed by atoms with Crippen molar-refractivity contribution in [2.45, 2.75) is 0 Å². The van der Waals surface area contributed by atoms with Crippen molar-refractivity contribution in [2.75, 3.05) is 6.61 Å². The number of rotatable bonds is 4. The molecule has 0 aliphatic heterocycles. The summed E-state index contributed by atoms with van der Waals surface area (Å²) in [6.07, 6.45) is 0. The highest BCUT2D eigenvalue weighted by molar-refractivity contribution is 7.20. The maximum Gasteiger partial charge on any atom is 0.348 e. The molecule has 2 heterocycles. The summed E-state index contributed by atoms with van der Waals surface area (Å²) in [5, 5.41) is 4.43. The number of carbonyl (C=O) groups is 3. The van der Waals surface area contributed by atoms with Crippen molar-refractivity contribution in [3.63, 3.8) is 0 Å². The van der Waals surface area contributed by atoms with Gasteiger partial charge in [0.15, 0.2) is 6.61 Å². The molecule has 5 nitrogen and oxygen atoms in total. The average molecular weight is 363 g/mol. The van der Waals surface area contributed by atoms with Crippen LogP contribution in [0.5, 0.6) is 0 Å². The van der Waals surface area contributed by atoms with E-state index in [2.05, 4.69) is 5.32 Å². The van der Waals surface area contributed by atoms with Crippen molar-refractivity contribution in [1.29, 1.82) is 0 Å². The number of thiophene rings is 2. The number of ether oxygens (including phenoxy) is 1. The Morgan fingerprint density at radius 3 is 2.71 bits per heavy atom. The van der Waals surface area contributed by atoms with Crippen LogP contribution < -0.4 is 5.32 Å². The van der Waals surface area contributed by atoms with Crippen LogP contribution in [0, 0.1) is 5.82 Å². The topological polar surface area (TPSA) is 72.5 Å². The fourth-order valence-corrected chi connectivity index (χ4v) is 3.50. The molecule has 0 atom stereocenters. The molecule has 1 N–H and O–H groups in total. The predicted molar refractivity (Wildman–Crippen MR) is 88.9 cm³/mol. The highest BCUT2D eigenvalue weighted by Crippen LogP contribution is 2.26. The first-order chi connectivity index (χ1) is 11.5. The molecule has 3 aromatic rings. The highest BCUT2D eigenvalue weighted by Gasteiger charge is 2.16. The standard InChI is InChI=1S/C16H10FNO4S2/c17-10-3-4-11-9(6-10)7-13(24-11)16(21)22-8-14(19)18-15(20)12-2-1-5-23-12/h1-7H,8H2,(H,18,19,20). The van der Waals surface area contributed by atoms with E-state index in [1.54, 1.807) is 23.6 Å². The number of carbonyl (C=O) groups excluding carboxylic acids is 3. The van der Waals surface area contributed by atoms with Gasteiger partial charge in [-0.3, -0.25) is 14.9 Å². The van der Waals surface area contributed by atoms with Crippen molar-refractivity contribution < 1.29 is 23.5 Å². The number of hydrogen-bond donors (Lipinski definition) is 1. The van der Waals surface area contributed by atoms with Gasteiger partial charge >= 0.3 is 5.97 Å². The molecule has 0 saturated heterocycles. The van der Waals surface area contributed by atoms with Gasteiger partial charge in [-0.05, 0) is 41.1 Å². The summed E-state index contributed by atoms with van der Waals surface area (Å²) in [6, 6.07) is 8.95. The van der Waals surface area contributed by atoms with Gasteiger partial charge in [0, 0.05) is 4.70 Å². The van der Waals surface area contributed by atoms with E-state index in [1.165, 1.54) is 29.5 Å². The number of amides is 2. The minimum atomic E-state index is -0.714. The van der Waals surface area contributed by atoms with Gasteiger partial charge < -0.3 is 4.74 Å². The molecule has 2 amide bonds. The van der Waals surface area contributed by atoms with E-state index in [0.717, 1.165) is 16.0 Å². The third-order valence-corrected chi connectivity index (χ3v) is 4.98. The Bertz CT molecular complexity index is 917. The molecule has 0 radical (unpaired) electrons.